The predicted molar refractivity (Wildman–Crippen MR) is 159 cm³/mol. The van der Waals surface area contributed by atoms with E-state index in [4.69, 9.17) is 33.2 Å². The molecular formula is C32H33O14+. The lowest BCUT2D eigenvalue weighted by Crippen LogP contribution is -2.59. The monoisotopic (exact) mass is 641 g/mol. The maximum Gasteiger partial charge on any atom is 0.306 e. The van der Waals surface area contributed by atoms with Crippen molar-refractivity contribution in [2.24, 2.45) is 0 Å². The van der Waals surface area contributed by atoms with Crippen LogP contribution in [0.25, 0.3) is 11.5 Å². The molecule has 244 valence electrons. The van der Waals surface area contributed by atoms with Gasteiger partial charge in [-0.3, -0.25) is 0 Å². The molecule has 3 aliphatic heterocycles. The SMILES string of the molecule is COc1cc(C2=CC3=C4C(=CC(O)=CC4[OH+]C(c4cc(OC)c(O)c(OC)c4)=C3O[C@@H]3O[C@H](CO)[C@@H](O)[C@H](O)[C@H]3O)O2)ccc1O. The Morgan fingerprint density at radius 2 is 1.48 bits per heavy atom. The molecule has 0 radical (unpaired) electrons. The third kappa shape index (κ3) is 5.25. The molecule has 6 rings (SSSR count). The van der Waals surface area contributed by atoms with Gasteiger partial charge < -0.3 is 68.9 Å². The summed E-state index contributed by atoms with van der Waals surface area (Å²) in [7, 11) is 4.11. The van der Waals surface area contributed by atoms with Crippen LogP contribution < -0.4 is 14.2 Å². The lowest BCUT2D eigenvalue weighted by molar-refractivity contribution is -0.291. The zero-order valence-corrected chi connectivity index (χ0v) is 24.8. The molecule has 0 saturated carbocycles. The Balaban J connectivity index is 1.58. The number of ether oxygens (including phenoxy) is 7. The maximum atomic E-state index is 10.9. The van der Waals surface area contributed by atoms with Gasteiger partial charge in [-0.25, -0.2) is 0 Å². The van der Waals surface area contributed by atoms with E-state index in [1.54, 1.807) is 18.2 Å². The first-order chi connectivity index (χ1) is 22.1. The second-order valence-electron chi connectivity index (χ2n) is 10.7. The summed E-state index contributed by atoms with van der Waals surface area (Å²) in [6.07, 6.45) is -4.25. The Labute approximate surface area is 262 Å². The number of benzene rings is 2. The number of methoxy groups -OCH3 is 3. The van der Waals surface area contributed by atoms with Crippen molar-refractivity contribution in [1.29, 1.82) is 0 Å². The van der Waals surface area contributed by atoms with Crippen LogP contribution in [-0.4, -0.2) is 105 Å². The Morgan fingerprint density at radius 3 is 2.13 bits per heavy atom. The van der Waals surface area contributed by atoms with Crippen LogP contribution in [0.15, 0.2) is 77.0 Å². The molecule has 1 unspecified atom stereocenters. The molecule has 1 fully saturated rings. The third-order valence-electron chi connectivity index (χ3n) is 7.98. The normalized spacial score (nSPS) is 27.0. The van der Waals surface area contributed by atoms with Gasteiger partial charge in [-0.2, -0.15) is 0 Å². The van der Waals surface area contributed by atoms with Crippen LogP contribution in [0.3, 0.4) is 0 Å². The van der Waals surface area contributed by atoms with Crippen molar-refractivity contribution in [2.75, 3.05) is 27.9 Å². The number of allylic oxidation sites excluding steroid dienone is 2. The minimum atomic E-state index is -1.76. The molecular weight excluding hydrogens is 608 g/mol. The molecule has 8 N–H and O–H groups in total. The first-order valence-corrected chi connectivity index (χ1v) is 14.1. The molecule has 6 atom stereocenters. The number of rotatable bonds is 8. The van der Waals surface area contributed by atoms with E-state index < -0.39 is 43.4 Å². The summed E-state index contributed by atoms with van der Waals surface area (Å²) in [6, 6.07) is 7.54. The smallest absolute Gasteiger partial charge is 0.306 e. The summed E-state index contributed by atoms with van der Waals surface area (Å²) in [4.78, 5) is 0. The number of aliphatic hydroxyl groups is 7. The van der Waals surface area contributed by atoms with E-state index in [0.717, 1.165) is 0 Å². The fourth-order valence-corrected chi connectivity index (χ4v) is 5.61. The number of hydrogen-bond acceptors (Lipinski definition) is 13. The Morgan fingerprint density at radius 1 is 0.804 bits per heavy atom. The largest absolute Gasteiger partial charge is 0.571 e. The fraction of sp³-hybridized carbons (Fsp3) is 0.312. The number of aliphatic hydroxyl groups excluding tert-OH is 5. The van der Waals surface area contributed by atoms with Crippen molar-refractivity contribution in [2.45, 2.75) is 36.8 Å². The standard InChI is InChI=1S/C32H32O14/c1-40-19-6-13(4-5-17(19)35)18-11-16-25-20(43-18)9-15(34)10-21(25)44-30(14-7-22(41-2)26(36)23(8-14)42-3)31(16)46-32-29(39)28(38)27(37)24(12-33)45-32/h4-11,21,24,27-29,32-39H,12H2,1-3H3/p+1/t21?,24-,27-,28+,29-,32+/m1/s1. The minimum Gasteiger partial charge on any atom is -0.571 e. The number of phenolic OH excluding ortho intramolecular Hbond substituents is 2. The minimum absolute atomic E-state index is 0.0117. The molecule has 46 heavy (non-hydrogen) atoms. The van der Waals surface area contributed by atoms with Crippen molar-refractivity contribution in [3.8, 4) is 28.7 Å². The summed E-state index contributed by atoms with van der Waals surface area (Å²) >= 11 is 0. The predicted octanol–water partition coefficient (Wildman–Crippen LogP) is 1.23. The van der Waals surface area contributed by atoms with Crippen molar-refractivity contribution >= 4 is 11.5 Å². The maximum absolute atomic E-state index is 10.9. The van der Waals surface area contributed by atoms with Crippen molar-refractivity contribution < 1.29 is 68.9 Å². The summed E-state index contributed by atoms with van der Waals surface area (Å²) in [5.74, 6) is 0.415. The summed E-state index contributed by atoms with van der Waals surface area (Å²) in [5, 5.41) is 73.0. The highest BCUT2D eigenvalue weighted by atomic mass is 16.7. The van der Waals surface area contributed by atoms with E-state index in [2.05, 4.69) is 0 Å². The van der Waals surface area contributed by atoms with Crippen LogP contribution in [0.5, 0.6) is 28.7 Å². The van der Waals surface area contributed by atoms with Gasteiger partial charge in [0.05, 0.1) is 39.6 Å². The van der Waals surface area contributed by atoms with Crippen molar-refractivity contribution in [3.63, 3.8) is 0 Å². The van der Waals surface area contributed by atoms with Crippen LogP contribution in [0, 0.1) is 0 Å². The highest BCUT2D eigenvalue weighted by Crippen LogP contribution is 2.48. The van der Waals surface area contributed by atoms with Gasteiger partial charge in [0.25, 0.3) is 0 Å². The van der Waals surface area contributed by atoms with E-state index in [0.29, 0.717) is 22.3 Å². The quantitative estimate of drug-likeness (QED) is 0.203. The zero-order chi connectivity index (χ0) is 32.9. The van der Waals surface area contributed by atoms with Gasteiger partial charge in [0.15, 0.2) is 23.0 Å². The molecule has 14 heteroatoms. The summed E-state index contributed by atoms with van der Waals surface area (Å²) < 4.78 is 39.0. The van der Waals surface area contributed by atoms with E-state index in [1.807, 2.05) is 0 Å². The fourth-order valence-electron chi connectivity index (χ4n) is 5.61. The molecule has 14 nitrogen and oxygen atoms in total. The van der Waals surface area contributed by atoms with Gasteiger partial charge in [0, 0.05) is 29.3 Å². The Bertz CT molecular complexity index is 1680. The number of hydrogen-bond donors (Lipinski definition) is 7. The molecule has 2 aromatic carbocycles. The molecule has 0 spiro atoms. The van der Waals surface area contributed by atoms with Crippen LogP contribution in [0.2, 0.25) is 0 Å². The topological polar surface area (TPSA) is 210 Å². The third-order valence-corrected chi connectivity index (χ3v) is 7.98. The second-order valence-corrected chi connectivity index (χ2v) is 10.7. The molecule has 0 aromatic heterocycles. The second kappa shape index (κ2) is 12.2. The first-order valence-electron chi connectivity index (χ1n) is 14.1. The van der Waals surface area contributed by atoms with E-state index >= 15 is 0 Å². The lowest BCUT2D eigenvalue weighted by Gasteiger charge is -2.41. The Kier molecular flexibility index (Phi) is 8.22. The van der Waals surface area contributed by atoms with Crippen LogP contribution in [0.4, 0.5) is 0 Å². The van der Waals surface area contributed by atoms with Crippen LogP contribution in [0.1, 0.15) is 11.1 Å². The molecule has 1 saturated heterocycles. The lowest BCUT2D eigenvalue weighted by atomic mass is 9.88. The average Bonchev–Trinajstić information content (AvgIpc) is 3.05. The van der Waals surface area contributed by atoms with E-state index in [-0.39, 0.29) is 57.5 Å². The zero-order valence-electron chi connectivity index (χ0n) is 24.8. The number of aromatic hydroxyl groups is 2. The molecule has 4 aliphatic rings. The van der Waals surface area contributed by atoms with Gasteiger partial charge in [-0.05, 0) is 24.3 Å². The molecule has 3 heterocycles. The van der Waals surface area contributed by atoms with Crippen molar-refractivity contribution in [1.82, 2.24) is 0 Å². The van der Waals surface area contributed by atoms with Gasteiger partial charge in [-0.15, -0.1) is 0 Å². The Hall–Kier alpha value is -4.86. The van der Waals surface area contributed by atoms with Crippen molar-refractivity contribution in [3.05, 3.63) is 88.1 Å². The molecule has 2 aromatic rings. The highest BCUT2D eigenvalue weighted by Gasteiger charge is 2.48. The van der Waals surface area contributed by atoms with Gasteiger partial charge in [-0.1, -0.05) is 0 Å². The van der Waals surface area contributed by atoms with Crippen LogP contribution in [-0.2, 0) is 14.2 Å². The van der Waals surface area contributed by atoms with E-state index in [9.17, 15) is 35.7 Å². The molecule has 0 bridgehead atoms. The summed E-state index contributed by atoms with van der Waals surface area (Å²) in [5.41, 5.74) is 1.67. The van der Waals surface area contributed by atoms with Gasteiger partial charge in [0.2, 0.25) is 23.9 Å². The van der Waals surface area contributed by atoms with Gasteiger partial charge in [0.1, 0.15) is 47.3 Å². The first kappa shape index (κ1) is 31.1. The molecule has 0 amide bonds. The average molecular weight is 642 g/mol. The van der Waals surface area contributed by atoms with E-state index in [1.165, 1.54) is 51.7 Å². The van der Waals surface area contributed by atoms with Crippen LogP contribution >= 0.6 is 0 Å². The number of phenols is 2. The van der Waals surface area contributed by atoms with Gasteiger partial charge >= 0.3 is 5.76 Å². The summed E-state index contributed by atoms with van der Waals surface area (Å²) in [6.45, 7) is -0.680. The molecule has 1 aliphatic carbocycles. The highest BCUT2D eigenvalue weighted by molar-refractivity contribution is 5.80.